The first-order valence-electron chi connectivity index (χ1n) is 9.80. The van der Waals surface area contributed by atoms with Crippen LogP contribution >= 0.6 is 0 Å². The second kappa shape index (κ2) is 7.71. The smallest absolute Gasteiger partial charge is 0.133 e. The van der Waals surface area contributed by atoms with E-state index in [-0.39, 0.29) is 0 Å². The molecule has 4 nitrogen and oxygen atoms in total. The predicted octanol–water partition coefficient (Wildman–Crippen LogP) is 3.43. The fourth-order valence-corrected chi connectivity index (χ4v) is 4.21. The molecule has 0 atom stereocenters. The lowest BCUT2D eigenvalue weighted by Gasteiger charge is -2.34. The normalized spacial score (nSPS) is 20.3. The molecule has 1 aromatic carbocycles. The third-order valence-corrected chi connectivity index (χ3v) is 5.79. The van der Waals surface area contributed by atoms with Crippen molar-refractivity contribution in [3.05, 3.63) is 35.9 Å². The van der Waals surface area contributed by atoms with Gasteiger partial charge in [-0.05, 0) is 63.2 Å². The van der Waals surface area contributed by atoms with Crippen LogP contribution < -0.4 is 4.90 Å². The van der Waals surface area contributed by atoms with E-state index in [1.807, 2.05) is 0 Å². The number of fused-ring (bicyclic) bond motifs is 1. The van der Waals surface area contributed by atoms with Crippen LogP contribution in [0.1, 0.15) is 37.7 Å². The molecule has 0 spiro atoms. The molecule has 0 radical (unpaired) electrons. The molecule has 0 amide bonds. The van der Waals surface area contributed by atoms with E-state index in [0.717, 1.165) is 51.1 Å². The molecule has 4 rings (SSSR count). The summed E-state index contributed by atoms with van der Waals surface area (Å²) < 4.78 is 0. The molecule has 3 heterocycles. The van der Waals surface area contributed by atoms with Gasteiger partial charge in [0.1, 0.15) is 5.82 Å². The topological polar surface area (TPSA) is 39.6 Å². The summed E-state index contributed by atoms with van der Waals surface area (Å²) in [5.41, 5.74) is 2.47. The number of pyridine rings is 1. The van der Waals surface area contributed by atoms with Gasteiger partial charge in [0.15, 0.2) is 0 Å². The molecule has 0 bridgehead atoms. The van der Waals surface area contributed by atoms with Gasteiger partial charge in [-0.3, -0.25) is 4.90 Å². The molecule has 1 N–H and O–H groups in total. The van der Waals surface area contributed by atoms with Crippen LogP contribution in [-0.2, 0) is 6.54 Å². The van der Waals surface area contributed by atoms with Crippen LogP contribution in [0.25, 0.3) is 10.9 Å². The van der Waals surface area contributed by atoms with E-state index >= 15 is 0 Å². The van der Waals surface area contributed by atoms with Crippen LogP contribution in [0.4, 0.5) is 5.82 Å². The zero-order chi connectivity index (χ0) is 17.1. The number of anilines is 1. The number of aliphatic hydroxyl groups excluding tert-OH is 1. The zero-order valence-electron chi connectivity index (χ0n) is 15.0. The Balaban J connectivity index is 1.61. The lowest BCUT2D eigenvalue weighted by Crippen LogP contribution is -2.36. The van der Waals surface area contributed by atoms with Gasteiger partial charge in [-0.15, -0.1) is 0 Å². The van der Waals surface area contributed by atoms with Gasteiger partial charge in [0.25, 0.3) is 0 Å². The quantitative estimate of drug-likeness (QED) is 0.926. The number of piperidine rings is 2. The Labute approximate surface area is 150 Å². The van der Waals surface area contributed by atoms with Crippen molar-refractivity contribution < 1.29 is 5.11 Å². The highest BCUT2D eigenvalue weighted by Gasteiger charge is 2.22. The molecular weight excluding hydrogens is 310 g/mol. The lowest BCUT2D eigenvalue weighted by molar-refractivity contribution is 0.127. The average Bonchev–Trinajstić information content (AvgIpc) is 2.69. The molecule has 25 heavy (non-hydrogen) atoms. The molecule has 0 saturated carbocycles. The van der Waals surface area contributed by atoms with Crippen molar-refractivity contribution >= 4 is 16.7 Å². The molecule has 0 aliphatic carbocycles. The van der Waals surface area contributed by atoms with Gasteiger partial charge < -0.3 is 10.0 Å². The van der Waals surface area contributed by atoms with Gasteiger partial charge in [-0.2, -0.15) is 0 Å². The fraction of sp³-hybridized carbons (Fsp3) is 0.571. The van der Waals surface area contributed by atoms with Crippen LogP contribution in [-0.4, -0.2) is 47.8 Å². The number of rotatable bonds is 4. The first kappa shape index (κ1) is 16.8. The van der Waals surface area contributed by atoms with E-state index in [1.165, 1.54) is 36.0 Å². The van der Waals surface area contributed by atoms with Crippen molar-refractivity contribution in [3.8, 4) is 0 Å². The number of nitrogens with zero attached hydrogens (tertiary/aromatic N) is 3. The highest BCUT2D eigenvalue weighted by Crippen LogP contribution is 2.28. The van der Waals surface area contributed by atoms with Crippen molar-refractivity contribution in [1.29, 1.82) is 0 Å². The first-order chi connectivity index (χ1) is 12.3. The lowest BCUT2D eigenvalue weighted by atomic mass is 9.97. The predicted molar refractivity (Wildman–Crippen MR) is 103 cm³/mol. The number of likely N-dealkylation sites (tertiary alicyclic amines) is 1. The van der Waals surface area contributed by atoms with Gasteiger partial charge in [-0.1, -0.05) is 18.2 Å². The van der Waals surface area contributed by atoms with Crippen molar-refractivity contribution in [2.45, 2.75) is 38.6 Å². The van der Waals surface area contributed by atoms with Crippen molar-refractivity contribution in [3.63, 3.8) is 0 Å². The van der Waals surface area contributed by atoms with E-state index in [2.05, 4.69) is 40.1 Å². The van der Waals surface area contributed by atoms with Crippen molar-refractivity contribution in [2.24, 2.45) is 5.92 Å². The molecule has 4 heteroatoms. The Bertz CT molecular complexity index is 703. The SMILES string of the molecule is OCC1CCN(Cc2cc3ccccc3nc2N2CCCCC2)CC1. The van der Waals surface area contributed by atoms with Gasteiger partial charge in [0.2, 0.25) is 0 Å². The number of aromatic nitrogens is 1. The van der Waals surface area contributed by atoms with E-state index in [4.69, 9.17) is 4.98 Å². The second-order valence-electron chi connectivity index (χ2n) is 7.61. The van der Waals surface area contributed by atoms with Crippen molar-refractivity contribution in [2.75, 3.05) is 37.7 Å². The molecule has 2 fully saturated rings. The van der Waals surface area contributed by atoms with Crippen LogP contribution in [0.15, 0.2) is 30.3 Å². The highest BCUT2D eigenvalue weighted by atomic mass is 16.3. The molecule has 2 saturated heterocycles. The number of benzene rings is 1. The zero-order valence-corrected chi connectivity index (χ0v) is 15.0. The van der Waals surface area contributed by atoms with Crippen LogP contribution in [0.5, 0.6) is 0 Å². The number of hydrogen-bond acceptors (Lipinski definition) is 4. The number of para-hydroxylation sites is 1. The maximum absolute atomic E-state index is 9.36. The molecule has 2 aromatic rings. The van der Waals surface area contributed by atoms with Gasteiger partial charge in [-0.25, -0.2) is 4.98 Å². The largest absolute Gasteiger partial charge is 0.396 e. The van der Waals surface area contributed by atoms with Crippen LogP contribution in [0.3, 0.4) is 0 Å². The van der Waals surface area contributed by atoms with Gasteiger partial charge in [0, 0.05) is 37.2 Å². The number of aliphatic hydroxyl groups is 1. The van der Waals surface area contributed by atoms with E-state index in [0.29, 0.717) is 12.5 Å². The summed E-state index contributed by atoms with van der Waals surface area (Å²) in [6, 6.07) is 10.8. The molecule has 2 aliphatic rings. The minimum Gasteiger partial charge on any atom is -0.396 e. The molecular formula is C21H29N3O. The maximum Gasteiger partial charge on any atom is 0.133 e. The van der Waals surface area contributed by atoms with Gasteiger partial charge in [0.05, 0.1) is 5.52 Å². The molecule has 2 aliphatic heterocycles. The summed E-state index contributed by atoms with van der Waals surface area (Å²) in [7, 11) is 0. The molecule has 1 aromatic heterocycles. The summed E-state index contributed by atoms with van der Waals surface area (Å²) in [6.45, 7) is 5.73. The maximum atomic E-state index is 9.36. The third-order valence-electron chi connectivity index (χ3n) is 5.79. The van der Waals surface area contributed by atoms with Gasteiger partial charge >= 0.3 is 0 Å². The Morgan fingerprint density at radius 1 is 1.00 bits per heavy atom. The first-order valence-corrected chi connectivity index (χ1v) is 9.80. The second-order valence-corrected chi connectivity index (χ2v) is 7.61. The summed E-state index contributed by atoms with van der Waals surface area (Å²) >= 11 is 0. The summed E-state index contributed by atoms with van der Waals surface area (Å²) in [4.78, 5) is 10.1. The van der Waals surface area contributed by atoms with E-state index < -0.39 is 0 Å². The summed E-state index contributed by atoms with van der Waals surface area (Å²) in [5.74, 6) is 1.69. The summed E-state index contributed by atoms with van der Waals surface area (Å²) in [6.07, 6.45) is 6.10. The Morgan fingerprint density at radius 3 is 2.52 bits per heavy atom. The molecule has 134 valence electrons. The van der Waals surface area contributed by atoms with E-state index in [9.17, 15) is 5.11 Å². The van der Waals surface area contributed by atoms with E-state index in [1.54, 1.807) is 0 Å². The minimum atomic E-state index is 0.338. The fourth-order valence-electron chi connectivity index (χ4n) is 4.21. The highest BCUT2D eigenvalue weighted by molar-refractivity contribution is 5.81. The Hall–Kier alpha value is -1.65. The van der Waals surface area contributed by atoms with Crippen LogP contribution in [0, 0.1) is 5.92 Å². The van der Waals surface area contributed by atoms with Crippen molar-refractivity contribution in [1.82, 2.24) is 9.88 Å². The van der Waals surface area contributed by atoms with Crippen LogP contribution in [0.2, 0.25) is 0 Å². The Morgan fingerprint density at radius 2 is 1.76 bits per heavy atom. The molecule has 0 unspecified atom stereocenters. The Kier molecular flexibility index (Phi) is 5.18. The standard InChI is InChI=1S/C21H29N3O/c25-16-17-8-12-23(13-9-17)15-19-14-18-6-2-3-7-20(18)22-21(19)24-10-4-1-5-11-24/h2-3,6-7,14,17,25H,1,4-5,8-13,15-16H2. The summed E-state index contributed by atoms with van der Waals surface area (Å²) in [5, 5.41) is 10.6. The monoisotopic (exact) mass is 339 g/mol. The average molecular weight is 339 g/mol. The third kappa shape index (κ3) is 3.80. The minimum absolute atomic E-state index is 0.338. The number of hydrogen-bond donors (Lipinski definition) is 1.